The molecule has 0 aliphatic heterocycles. The highest BCUT2D eigenvalue weighted by atomic mass is 16.5. The number of carboxylic acids is 1. The Morgan fingerprint density at radius 1 is 1.33 bits per heavy atom. The number of ether oxygens (including phenoxy) is 2. The maximum Gasteiger partial charge on any atom is 0.335 e. The third-order valence-electron chi connectivity index (χ3n) is 2.25. The molecule has 1 rings (SSSR count). The smallest absolute Gasteiger partial charge is 0.335 e. The van der Waals surface area contributed by atoms with Crippen molar-refractivity contribution in [1.29, 1.82) is 0 Å². The van der Waals surface area contributed by atoms with Gasteiger partial charge in [-0.25, -0.2) is 4.79 Å². The lowest BCUT2D eigenvalue weighted by molar-refractivity contribution is 0.0696. The lowest BCUT2D eigenvalue weighted by Crippen LogP contribution is -2.04. The summed E-state index contributed by atoms with van der Waals surface area (Å²) in [5, 5.41) is 8.82. The van der Waals surface area contributed by atoms with Gasteiger partial charge in [0.1, 0.15) is 5.75 Å². The van der Waals surface area contributed by atoms with Crippen LogP contribution in [-0.4, -0.2) is 30.9 Å². The molecule has 0 spiro atoms. The Balaban J connectivity index is 2.21. The Hall–Kier alpha value is -1.81. The lowest BCUT2D eigenvalue weighted by atomic mass is 10.2. The molecule has 0 fully saturated rings. The molecule has 4 heteroatoms. The van der Waals surface area contributed by atoms with Crippen molar-refractivity contribution >= 4 is 5.97 Å². The Morgan fingerprint density at radius 2 is 2.17 bits per heavy atom. The first-order chi connectivity index (χ1) is 8.74. The summed E-state index contributed by atoms with van der Waals surface area (Å²) in [6, 6.07) is 6.46. The largest absolute Gasteiger partial charge is 0.493 e. The fourth-order valence-corrected chi connectivity index (χ4v) is 1.34. The maximum atomic E-state index is 10.7. The monoisotopic (exact) mass is 250 g/mol. The number of hydrogen-bond donors (Lipinski definition) is 1. The van der Waals surface area contributed by atoms with Crippen LogP contribution in [0.15, 0.2) is 36.9 Å². The van der Waals surface area contributed by atoms with Gasteiger partial charge in [0.15, 0.2) is 0 Å². The number of carbonyl (C=O) groups is 1. The minimum atomic E-state index is -0.951. The minimum Gasteiger partial charge on any atom is -0.493 e. The average molecular weight is 250 g/mol. The van der Waals surface area contributed by atoms with Crippen molar-refractivity contribution in [3.63, 3.8) is 0 Å². The topological polar surface area (TPSA) is 55.8 Å². The summed E-state index contributed by atoms with van der Waals surface area (Å²) in [4.78, 5) is 10.7. The second-order valence-electron chi connectivity index (χ2n) is 3.72. The van der Waals surface area contributed by atoms with Gasteiger partial charge in [0.25, 0.3) is 0 Å². The highest BCUT2D eigenvalue weighted by Gasteiger charge is 2.03. The molecule has 1 N–H and O–H groups in total. The quantitative estimate of drug-likeness (QED) is 0.541. The molecule has 1 aromatic carbocycles. The second kappa shape index (κ2) is 8.31. The van der Waals surface area contributed by atoms with Crippen molar-refractivity contribution in [2.24, 2.45) is 0 Å². The van der Waals surface area contributed by atoms with E-state index in [4.69, 9.17) is 14.6 Å². The number of carboxylic acid groups (broad SMARTS) is 1. The van der Waals surface area contributed by atoms with Crippen molar-refractivity contribution in [2.75, 3.05) is 19.8 Å². The van der Waals surface area contributed by atoms with Crippen LogP contribution in [0.5, 0.6) is 5.75 Å². The fraction of sp³-hybridized carbons (Fsp3) is 0.357. The van der Waals surface area contributed by atoms with E-state index in [2.05, 4.69) is 6.58 Å². The van der Waals surface area contributed by atoms with E-state index in [1.807, 2.05) is 6.08 Å². The number of hydrogen-bond acceptors (Lipinski definition) is 3. The predicted molar refractivity (Wildman–Crippen MR) is 69.1 cm³/mol. The molecule has 0 saturated heterocycles. The van der Waals surface area contributed by atoms with E-state index in [1.54, 1.807) is 12.1 Å². The van der Waals surface area contributed by atoms with Crippen LogP contribution in [0.2, 0.25) is 0 Å². The Morgan fingerprint density at radius 3 is 2.89 bits per heavy atom. The summed E-state index contributed by atoms with van der Waals surface area (Å²) in [7, 11) is 0. The molecule has 0 unspecified atom stereocenters. The molecule has 0 amide bonds. The van der Waals surface area contributed by atoms with E-state index >= 15 is 0 Å². The molecule has 0 aliphatic carbocycles. The molecule has 18 heavy (non-hydrogen) atoms. The van der Waals surface area contributed by atoms with Crippen LogP contribution < -0.4 is 4.74 Å². The Labute approximate surface area is 107 Å². The van der Waals surface area contributed by atoms with Crippen LogP contribution >= 0.6 is 0 Å². The summed E-state index contributed by atoms with van der Waals surface area (Å²) >= 11 is 0. The second-order valence-corrected chi connectivity index (χ2v) is 3.72. The SMILES string of the molecule is C=CCCOCCCOc1cccc(C(=O)O)c1. The van der Waals surface area contributed by atoms with Gasteiger partial charge in [-0.2, -0.15) is 0 Å². The highest BCUT2D eigenvalue weighted by Crippen LogP contribution is 2.13. The lowest BCUT2D eigenvalue weighted by Gasteiger charge is -2.07. The highest BCUT2D eigenvalue weighted by molar-refractivity contribution is 5.87. The summed E-state index contributed by atoms with van der Waals surface area (Å²) in [5.74, 6) is -0.380. The molecule has 0 aromatic heterocycles. The molecular weight excluding hydrogens is 232 g/mol. The van der Waals surface area contributed by atoms with Crippen LogP contribution in [0, 0.1) is 0 Å². The summed E-state index contributed by atoms with van der Waals surface area (Å²) in [6.45, 7) is 5.43. The molecule has 0 radical (unpaired) electrons. The molecule has 0 aliphatic rings. The molecule has 4 nitrogen and oxygen atoms in total. The number of benzene rings is 1. The first-order valence-corrected chi connectivity index (χ1v) is 5.89. The van der Waals surface area contributed by atoms with Gasteiger partial charge in [0.05, 0.1) is 12.2 Å². The van der Waals surface area contributed by atoms with E-state index in [0.717, 1.165) is 12.8 Å². The normalized spacial score (nSPS) is 10.0. The molecular formula is C14H18O4. The van der Waals surface area contributed by atoms with Gasteiger partial charge in [-0.05, 0) is 24.6 Å². The van der Waals surface area contributed by atoms with Gasteiger partial charge in [-0.1, -0.05) is 12.1 Å². The van der Waals surface area contributed by atoms with E-state index in [-0.39, 0.29) is 5.56 Å². The molecule has 1 aromatic rings. The number of rotatable bonds is 9. The van der Waals surface area contributed by atoms with E-state index in [9.17, 15) is 4.79 Å². The average Bonchev–Trinajstić information content (AvgIpc) is 2.38. The zero-order valence-corrected chi connectivity index (χ0v) is 10.3. The molecule has 0 heterocycles. The third-order valence-corrected chi connectivity index (χ3v) is 2.25. The van der Waals surface area contributed by atoms with Crippen LogP contribution in [0.4, 0.5) is 0 Å². The standard InChI is InChI=1S/C14H18O4/c1-2-3-8-17-9-5-10-18-13-7-4-6-12(11-13)14(15)16/h2,4,6-7,11H,1,3,5,8-10H2,(H,15,16). The first-order valence-electron chi connectivity index (χ1n) is 5.89. The third kappa shape index (κ3) is 5.50. The van der Waals surface area contributed by atoms with E-state index in [1.165, 1.54) is 12.1 Å². The molecule has 0 atom stereocenters. The zero-order valence-electron chi connectivity index (χ0n) is 10.3. The van der Waals surface area contributed by atoms with Gasteiger partial charge in [-0.3, -0.25) is 0 Å². The summed E-state index contributed by atoms with van der Waals surface area (Å²) in [6.07, 6.45) is 3.43. The predicted octanol–water partition coefficient (Wildman–Crippen LogP) is 2.75. The fourth-order valence-electron chi connectivity index (χ4n) is 1.34. The van der Waals surface area contributed by atoms with Crippen molar-refractivity contribution < 1.29 is 19.4 Å². The molecule has 98 valence electrons. The van der Waals surface area contributed by atoms with E-state index in [0.29, 0.717) is 25.6 Å². The zero-order chi connectivity index (χ0) is 13.2. The van der Waals surface area contributed by atoms with Gasteiger partial charge >= 0.3 is 5.97 Å². The van der Waals surface area contributed by atoms with E-state index < -0.39 is 5.97 Å². The van der Waals surface area contributed by atoms with Crippen molar-refractivity contribution in [3.05, 3.63) is 42.5 Å². The van der Waals surface area contributed by atoms with Crippen LogP contribution in [0.1, 0.15) is 23.2 Å². The Bertz CT molecular complexity index is 387. The van der Waals surface area contributed by atoms with Crippen molar-refractivity contribution in [1.82, 2.24) is 0 Å². The summed E-state index contributed by atoms with van der Waals surface area (Å²) < 4.78 is 10.8. The van der Waals surface area contributed by atoms with Crippen molar-refractivity contribution in [3.8, 4) is 5.75 Å². The summed E-state index contributed by atoms with van der Waals surface area (Å²) in [5.41, 5.74) is 0.231. The van der Waals surface area contributed by atoms with Crippen LogP contribution in [0.3, 0.4) is 0 Å². The minimum absolute atomic E-state index is 0.231. The van der Waals surface area contributed by atoms with Gasteiger partial charge in [-0.15, -0.1) is 6.58 Å². The van der Waals surface area contributed by atoms with Gasteiger partial charge < -0.3 is 14.6 Å². The van der Waals surface area contributed by atoms with Crippen LogP contribution in [-0.2, 0) is 4.74 Å². The molecule has 0 bridgehead atoms. The Kier molecular flexibility index (Phi) is 6.58. The molecule has 0 saturated carbocycles. The van der Waals surface area contributed by atoms with Crippen LogP contribution in [0.25, 0.3) is 0 Å². The first kappa shape index (κ1) is 14.3. The maximum absolute atomic E-state index is 10.7. The van der Waals surface area contributed by atoms with Gasteiger partial charge in [0.2, 0.25) is 0 Å². The number of aromatic carboxylic acids is 1. The van der Waals surface area contributed by atoms with Gasteiger partial charge in [0, 0.05) is 19.6 Å². The van der Waals surface area contributed by atoms with Crippen molar-refractivity contribution in [2.45, 2.75) is 12.8 Å².